The van der Waals surface area contributed by atoms with Crippen LogP contribution in [0.1, 0.15) is 16.1 Å². The molecule has 3 amide bonds. The highest BCUT2D eigenvalue weighted by molar-refractivity contribution is 6.08. The lowest BCUT2D eigenvalue weighted by Crippen LogP contribution is -2.34. The fourth-order valence-electron chi connectivity index (χ4n) is 2.30. The molecule has 2 heterocycles. The number of imide groups is 1. The van der Waals surface area contributed by atoms with Crippen LogP contribution < -0.4 is 10.6 Å². The average Bonchev–Trinajstić information content (AvgIpc) is 2.83. The molecule has 0 saturated heterocycles. The van der Waals surface area contributed by atoms with E-state index in [1.165, 1.54) is 30.5 Å². The van der Waals surface area contributed by atoms with Crippen molar-refractivity contribution in [3.8, 4) is 0 Å². The van der Waals surface area contributed by atoms with Crippen LogP contribution in [0.2, 0.25) is 0 Å². The molecule has 0 saturated carbocycles. The number of carbonyl (C=O) groups excluding carboxylic acids is 2. The number of hydrogen-bond donors (Lipinski definition) is 2. The second kappa shape index (κ2) is 6.07. The van der Waals surface area contributed by atoms with Gasteiger partial charge in [-0.1, -0.05) is 0 Å². The number of rotatable bonds is 2. The molecule has 122 valence electrons. The quantitative estimate of drug-likeness (QED) is 0.756. The first kappa shape index (κ1) is 15.6. The van der Waals surface area contributed by atoms with Crippen molar-refractivity contribution in [1.29, 1.82) is 0 Å². The van der Waals surface area contributed by atoms with Gasteiger partial charge in [-0.25, -0.2) is 14.2 Å². The molecular weight excluding hydrogens is 313 g/mol. The summed E-state index contributed by atoms with van der Waals surface area (Å²) in [6.07, 6.45) is 1.38. The summed E-state index contributed by atoms with van der Waals surface area (Å²) in [6, 6.07) is 6.12. The molecule has 3 aromatic rings. The van der Waals surface area contributed by atoms with Crippen molar-refractivity contribution in [1.82, 2.24) is 20.1 Å². The Morgan fingerprint density at radius 1 is 1.21 bits per heavy atom. The number of hydrogen-bond acceptors (Lipinski definition) is 4. The number of pyridine rings is 1. The maximum Gasteiger partial charge on any atom is 0.326 e. The number of amides is 3. The molecule has 2 N–H and O–H groups in total. The third-order valence-electron chi connectivity index (χ3n) is 3.45. The van der Waals surface area contributed by atoms with Gasteiger partial charge in [0.15, 0.2) is 5.65 Å². The predicted octanol–water partition coefficient (Wildman–Crippen LogP) is 2.38. The van der Waals surface area contributed by atoms with E-state index < -0.39 is 17.8 Å². The molecule has 0 aliphatic rings. The lowest BCUT2D eigenvalue weighted by atomic mass is 10.2. The molecule has 24 heavy (non-hydrogen) atoms. The average molecular weight is 327 g/mol. The largest absolute Gasteiger partial charge is 0.326 e. The third-order valence-corrected chi connectivity index (χ3v) is 3.45. The Bertz CT molecular complexity index is 934. The Morgan fingerprint density at radius 3 is 2.62 bits per heavy atom. The van der Waals surface area contributed by atoms with E-state index in [2.05, 4.69) is 20.7 Å². The number of carbonyl (C=O) groups is 2. The lowest BCUT2D eigenvalue weighted by Gasteiger charge is -2.06. The molecule has 0 unspecified atom stereocenters. The summed E-state index contributed by atoms with van der Waals surface area (Å²) in [6.45, 7) is 1.81. The fraction of sp³-hybridized carbons (Fsp3) is 0.125. The summed E-state index contributed by atoms with van der Waals surface area (Å²) < 4.78 is 14.4. The lowest BCUT2D eigenvalue weighted by molar-refractivity contribution is 0.0967. The van der Waals surface area contributed by atoms with E-state index in [1.807, 2.05) is 6.92 Å². The minimum atomic E-state index is -0.713. The zero-order valence-corrected chi connectivity index (χ0v) is 13.0. The Balaban J connectivity index is 1.73. The van der Waals surface area contributed by atoms with E-state index in [-0.39, 0.29) is 5.56 Å². The van der Waals surface area contributed by atoms with E-state index in [4.69, 9.17) is 0 Å². The number of aryl methyl sites for hydroxylation is 2. The molecule has 0 bridgehead atoms. The monoisotopic (exact) mass is 327 g/mol. The summed E-state index contributed by atoms with van der Waals surface area (Å²) in [5, 5.41) is 9.62. The highest BCUT2D eigenvalue weighted by atomic mass is 19.1. The van der Waals surface area contributed by atoms with E-state index in [0.717, 1.165) is 11.1 Å². The van der Waals surface area contributed by atoms with Crippen molar-refractivity contribution in [3.05, 3.63) is 53.6 Å². The van der Waals surface area contributed by atoms with Crippen LogP contribution in [0.5, 0.6) is 0 Å². The van der Waals surface area contributed by atoms with Gasteiger partial charge in [0.2, 0.25) is 0 Å². The van der Waals surface area contributed by atoms with Crippen molar-refractivity contribution in [3.63, 3.8) is 0 Å². The number of fused-ring (bicyclic) bond motifs is 1. The number of anilines is 1. The van der Waals surface area contributed by atoms with Gasteiger partial charge in [-0.2, -0.15) is 5.10 Å². The van der Waals surface area contributed by atoms with Gasteiger partial charge < -0.3 is 5.32 Å². The van der Waals surface area contributed by atoms with Crippen LogP contribution in [0.3, 0.4) is 0 Å². The first-order valence-corrected chi connectivity index (χ1v) is 7.11. The Morgan fingerprint density at radius 2 is 1.92 bits per heavy atom. The minimum Gasteiger partial charge on any atom is -0.308 e. The Hall–Kier alpha value is -3.29. The van der Waals surface area contributed by atoms with Crippen molar-refractivity contribution in [2.45, 2.75) is 6.92 Å². The molecule has 2 aromatic heterocycles. The van der Waals surface area contributed by atoms with Gasteiger partial charge in [-0.15, -0.1) is 0 Å². The molecule has 1 aromatic carbocycles. The van der Waals surface area contributed by atoms with Crippen LogP contribution in [0.15, 0.2) is 36.5 Å². The summed E-state index contributed by atoms with van der Waals surface area (Å²) in [7, 11) is 1.76. The minimum absolute atomic E-state index is 0.243. The van der Waals surface area contributed by atoms with Crippen LogP contribution in [-0.4, -0.2) is 26.7 Å². The van der Waals surface area contributed by atoms with Crippen molar-refractivity contribution < 1.29 is 14.0 Å². The number of halogens is 1. The fourth-order valence-corrected chi connectivity index (χ4v) is 2.30. The number of aromatic nitrogens is 3. The SMILES string of the molecule is Cc1nn(C)c2ncc(C(=O)NC(=O)Nc3ccc(F)cc3)cc12. The molecular formula is C16H14FN5O2. The number of benzene rings is 1. The van der Waals surface area contributed by atoms with E-state index in [1.54, 1.807) is 17.8 Å². The molecule has 8 heteroatoms. The van der Waals surface area contributed by atoms with Crippen LogP contribution in [0, 0.1) is 12.7 Å². The Kier molecular flexibility index (Phi) is 3.95. The zero-order chi connectivity index (χ0) is 17.3. The summed E-state index contributed by atoms with van der Waals surface area (Å²) >= 11 is 0. The van der Waals surface area contributed by atoms with Crippen LogP contribution >= 0.6 is 0 Å². The van der Waals surface area contributed by atoms with Crippen LogP contribution in [0.4, 0.5) is 14.9 Å². The van der Waals surface area contributed by atoms with Crippen LogP contribution in [-0.2, 0) is 7.05 Å². The van der Waals surface area contributed by atoms with E-state index >= 15 is 0 Å². The topological polar surface area (TPSA) is 88.9 Å². The van der Waals surface area contributed by atoms with E-state index in [9.17, 15) is 14.0 Å². The van der Waals surface area contributed by atoms with Crippen LogP contribution in [0.25, 0.3) is 11.0 Å². The molecule has 0 spiro atoms. The number of nitrogens with zero attached hydrogens (tertiary/aromatic N) is 3. The van der Waals surface area contributed by atoms with Gasteiger partial charge >= 0.3 is 6.03 Å². The maximum absolute atomic E-state index is 12.8. The van der Waals surface area contributed by atoms with Crippen molar-refractivity contribution in [2.24, 2.45) is 7.05 Å². The number of nitrogens with one attached hydrogen (secondary N) is 2. The summed E-state index contributed by atoms with van der Waals surface area (Å²) in [5.74, 6) is -1.00. The maximum atomic E-state index is 12.8. The molecule has 3 rings (SSSR count). The molecule has 7 nitrogen and oxygen atoms in total. The first-order valence-electron chi connectivity index (χ1n) is 7.11. The molecule has 0 aliphatic heterocycles. The summed E-state index contributed by atoms with van der Waals surface area (Å²) in [5.41, 5.74) is 2.01. The Labute approximate surface area is 136 Å². The first-order chi connectivity index (χ1) is 11.4. The number of urea groups is 1. The van der Waals surface area contributed by atoms with Gasteiger partial charge in [0, 0.05) is 24.3 Å². The highest BCUT2D eigenvalue weighted by Crippen LogP contribution is 2.16. The van der Waals surface area contributed by atoms with Gasteiger partial charge in [0.05, 0.1) is 11.3 Å². The standard InChI is InChI=1S/C16H14FN5O2/c1-9-13-7-10(8-18-14(13)22(2)21-9)15(23)20-16(24)19-12-5-3-11(17)4-6-12/h3-8H,1-2H3,(H2,19,20,23,24). The van der Waals surface area contributed by atoms with Gasteiger partial charge in [0.25, 0.3) is 5.91 Å². The summed E-state index contributed by atoms with van der Waals surface area (Å²) in [4.78, 5) is 28.2. The van der Waals surface area contributed by atoms with E-state index in [0.29, 0.717) is 11.3 Å². The van der Waals surface area contributed by atoms with Crippen molar-refractivity contribution in [2.75, 3.05) is 5.32 Å². The predicted molar refractivity (Wildman–Crippen MR) is 86.1 cm³/mol. The second-order valence-electron chi connectivity index (χ2n) is 5.22. The smallest absolute Gasteiger partial charge is 0.308 e. The molecule has 0 aliphatic carbocycles. The second-order valence-corrected chi connectivity index (χ2v) is 5.22. The van der Waals surface area contributed by atoms with Gasteiger partial charge in [-0.3, -0.25) is 14.8 Å². The molecule has 0 radical (unpaired) electrons. The van der Waals surface area contributed by atoms with Crippen molar-refractivity contribution >= 4 is 28.7 Å². The normalized spacial score (nSPS) is 10.6. The zero-order valence-electron chi connectivity index (χ0n) is 13.0. The third kappa shape index (κ3) is 3.07. The molecule has 0 fully saturated rings. The van der Waals surface area contributed by atoms with Gasteiger partial charge in [0.1, 0.15) is 5.82 Å². The molecule has 0 atom stereocenters. The van der Waals surface area contributed by atoms with Gasteiger partial charge in [-0.05, 0) is 37.3 Å². The highest BCUT2D eigenvalue weighted by Gasteiger charge is 2.14.